The molecule has 1 aliphatic heterocycles. The van der Waals surface area contributed by atoms with Crippen LogP contribution in [0, 0.1) is 5.92 Å². The molecule has 1 amide bonds. The summed E-state index contributed by atoms with van der Waals surface area (Å²) >= 11 is 5.83. The zero-order valence-electron chi connectivity index (χ0n) is 15.6. The number of ether oxygens (including phenoxy) is 1. The van der Waals surface area contributed by atoms with Gasteiger partial charge in [-0.25, -0.2) is 8.42 Å². The minimum absolute atomic E-state index is 0.0423. The standard InChI is InChI=1S/C20H23ClN2O4S/c1-27-18-6-2-15(3-7-18)14-22-20(24)16-10-12-23(13-11-16)28(25,26)19-8-4-17(21)5-9-19/h2-9,16H,10-14H2,1H3,(H,22,24). The summed E-state index contributed by atoms with van der Waals surface area (Å²) in [6.07, 6.45) is 1.00. The molecule has 0 radical (unpaired) electrons. The average Bonchev–Trinajstić information content (AvgIpc) is 2.73. The normalized spacial score (nSPS) is 15.9. The second kappa shape index (κ2) is 8.94. The van der Waals surface area contributed by atoms with Gasteiger partial charge in [-0.2, -0.15) is 4.31 Å². The molecule has 28 heavy (non-hydrogen) atoms. The molecule has 1 fully saturated rings. The van der Waals surface area contributed by atoms with Crippen LogP contribution in [0.15, 0.2) is 53.4 Å². The van der Waals surface area contributed by atoms with Crippen LogP contribution in [-0.4, -0.2) is 38.8 Å². The van der Waals surface area contributed by atoms with Crippen LogP contribution in [0.3, 0.4) is 0 Å². The summed E-state index contributed by atoms with van der Waals surface area (Å²) in [6, 6.07) is 13.6. The summed E-state index contributed by atoms with van der Waals surface area (Å²) in [5.41, 5.74) is 0.983. The third-order valence-electron chi connectivity index (χ3n) is 4.90. The highest BCUT2D eigenvalue weighted by atomic mass is 35.5. The van der Waals surface area contributed by atoms with Gasteiger partial charge in [-0.1, -0.05) is 23.7 Å². The van der Waals surface area contributed by atoms with Crippen molar-refractivity contribution in [1.29, 1.82) is 0 Å². The first-order valence-corrected chi connectivity index (χ1v) is 10.9. The molecule has 0 saturated carbocycles. The van der Waals surface area contributed by atoms with Crippen molar-refractivity contribution in [2.24, 2.45) is 5.92 Å². The molecule has 1 heterocycles. The minimum Gasteiger partial charge on any atom is -0.497 e. The Balaban J connectivity index is 1.52. The Bertz CT molecular complexity index is 906. The molecular weight excluding hydrogens is 400 g/mol. The van der Waals surface area contributed by atoms with Gasteiger partial charge in [0, 0.05) is 30.6 Å². The molecule has 6 nitrogen and oxygen atoms in total. The van der Waals surface area contributed by atoms with Crippen LogP contribution in [0.4, 0.5) is 0 Å². The molecule has 0 aliphatic carbocycles. The predicted molar refractivity (Wildman–Crippen MR) is 108 cm³/mol. The van der Waals surface area contributed by atoms with Crippen LogP contribution in [0.5, 0.6) is 5.75 Å². The number of amides is 1. The van der Waals surface area contributed by atoms with E-state index in [1.54, 1.807) is 19.2 Å². The van der Waals surface area contributed by atoms with E-state index in [4.69, 9.17) is 16.3 Å². The number of piperidine rings is 1. The maximum atomic E-state index is 12.7. The lowest BCUT2D eigenvalue weighted by atomic mass is 9.97. The van der Waals surface area contributed by atoms with Crippen LogP contribution in [0.25, 0.3) is 0 Å². The van der Waals surface area contributed by atoms with E-state index in [1.165, 1.54) is 16.4 Å². The van der Waals surface area contributed by atoms with Crippen molar-refractivity contribution >= 4 is 27.5 Å². The number of carbonyl (C=O) groups is 1. The van der Waals surface area contributed by atoms with Crippen LogP contribution in [0.1, 0.15) is 18.4 Å². The van der Waals surface area contributed by atoms with Gasteiger partial charge < -0.3 is 10.1 Å². The maximum absolute atomic E-state index is 12.7. The highest BCUT2D eigenvalue weighted by Gasteiger charge is 2.31. The largest absolute Gasteiger partial charge is 0.497 e. The number of sulfonamides is 1. The van der Waals surface area contributed by atoms with Gasteiger partial charge in [0.15, 0.2) is 0 Å². The van der Waals surface area contributed by atoms with Crippen molar-refractivity contribution in [2.45, 2.75) is 24.3 Å². The lowest BCUT2D eigenvalue weighted by Crippen LogP contribution is -2.42. The van der Waals surface area contributed by atoms with Crippen molar-refractivity contribution in [3.05, 3.63) is 59.1 Å². The van der Waals surface area contributed by atoms with Crippen molar-refractivity contribution in [2.75, 3.05) is 20.2 Å². The molecule has 3 rings (SSSR count). The van der Waals surface area contributed by atoms with Crippen molar-refractivity contribution < 1.29 is 17.9 Å². The van der Waals surface area contributed by atoms with Crippen molar-refractivity contribution in [1.82, 2.24) is 9.62 Å². The molecule has 0 unspecified atom stereocenters. The van der Waals surface area contributed by atoms with Crippen molar-refractivity contribution in [3.63, 3.8) is 0 Å². The second-order valence-corrected chi connectivity index (χ2v) is 9.07. The van der Waals surface area contributed by atoms with Crippen LogP contribution in [-0.2, 0) is 21.4 Å². The smallest absolute Gasteiger partial charge is 0.243 e. The van der Waals surface area contributed by atoms with Crippen LogP contribution in [0.2, 0.25) is 5.02 Å². The molecule has 0 aromatic heterocycles. The monoisotopic (exact) mass is 422 g/mol. The predicted octanol–water partition coefficient (Wildman–Crippen LogP) is 3.07. The van der Waals surface area contributed by atoms with E-state index in [-0.39, 0.29) is 16.7 Å². The van der Waals surface area contributed by atoms with Gasteiger partial charge in [-0.05, 0) is 54.8 Å². The molecule has 150 valence electrons. The van der Waals surface area contributed by atoms with E-state index in [9.17, 15) is 13.2 Å². The summed E-state index contributed by atoms with van der Waals surface area (Å²) in [7, 11) is -1.95. The van der Waals surface area contributed by atoms with E-state index in [1.807, 2.05) is 24.3 Å². The number of carbonyl (C=O) groups excluding carboxylic acids is 1. The molecule has 0 bridgehead atoms. The van der Waals surface area contributed by atoms with Gasteiger partial charge in [0.05, 0.1) is 12.0 Å². The molecule has 0 atom stereocenters. The highest BCUT2D eigenvalue weighted by molar-refractivity contribution is 7.89. The number of nitrogens with zero attached hydrogens (tertiary/aromatic N) is 1. The van der Waals surface area contributed by atoms with Gasteiger partial charge in [-0.15, -0.1) is 0 Å². The quantitative estimate of drug-likeness (QED) is 0.776. The number of rotatable bonds is 6. The Hall–Kier alpha value is -2.09. The number of hydrogen-bond acceptors (Lipinski definition) is 4. The maximum Gasteiger partial charge on any atom is 0.243 e. The fourth-order valence-corrected chi connectivity index (χ4v) is 4.79. The number of hydrogen-bond donors (Lipinski definition) is 1. The van der Waals surface area contributed by atoms with E-state index in [0.29, 0.717) is 37.5 Å². The summed E-state index contributed by atoms with van der Waals surface area (Å²) in [6.45, 7) is 1.09. The Morgan fingerprint density at radius 3 is 2.29 bits per heavy atom. The first kappa shape index (κ1) is 20.6. The Morgan fingerprint density at radius 2 is 1.71 bits per heavy atom. The third-order valence-corrected chi connectivity index (χ3v) is 7.07. The fraction of sp³-hybridized carbons (Fsp3) is 0.350. The zero-order valence-corrected chi connectivity index (χ0v) is 17.2. The average molecular weight is 423 g/mol. The number of methoxy groups -OCH3 is 1. The molecule has 1 aliphatic rings. The Kier molecular flexibility index (Phi) is 6.59. The van der Waals surface area contributed by atoms with Crippen LogP contribution >= 0.6 is 11.6 Å². The summed E-state index contributed by atoms with van der Waals surface area (Å²) < 4.78 is 32.0. The molecule has 0 spiro atoms. The van der Waals surface area contributed by atoms with Gasteiger partial charge in [0.1, 0.15) is 5.75 Å². The van der Waals surface area contributed by atoms with E-state index in [0.717, 1.165) is 11.3 Å². The summed E-state index contributed by atoms with van der Waals surface area (Å²) in [5.74, 6) is 0.540. The summed E-state index contributed by atoms with van der Waals surface area (Å²) in [4.78, 5) is 12.7. The SMILES string of the molecule is COc1ccc(CNC(=O)C2CCN(S(=O)(=O)c3ccc(Cl)cc3)CC2)cc1. The van der Waals surface area contributed by atoms with Gasteiger partial charge in [0.2, 0.25) is 15.9 Å². The molecule has 1 saturated heterocycles. The number of nitrogens with one attached hydrogen (secondary N) is 1. The topological polar surface area (TPSA) is 75.7 Å². The molecule has 1 N–H and O–H groups in total. The van der Waals surface area contributed by atoms with E-state index >= 15 is 0 Å². The summed E-state index contributed by atoms with van der Waals surface area (Å²) in [5, 5.41) is 3.43. The van der Waals surface area contributed by atoms with E-state index < -0.39 is 10.0 Å². The highest BCUT2D eigenvalue weighted by Crippen LogP contribution is 2.25. The third kappa shape index (κ3) is 4.84. The first-order valence-electron chi connectivity index (χ1n) is 9.06. The zero-order chi connectivity index (χ0) is 20.1. The number of benzene rings is 2. The van der Waals surface area contributed by atoms with E-state index in [2.05, 4.69) is 5.32 Å². The molecule has 2 aromatic carbocycles. The van der Waals surface area contributed by atoms with Crippen LogP contribution < -0.4 is 10.1 Å². The van der Waals surface area contributed by atoms with Crippen molar-refractivity contribution in [3.8, 4) is 5.75 Å². The second-order valence-electron chi connectivity index (χ2n) is 6.70. The Morgan fingerprint density at radius 1 is 1.11 bits per heavy atom. The lowest BCUT2D eigenvalue weighted by Gasteiger charge is -2.30. The first-order chi connectivity index (χ1) is 13.4. The van der Waals surface area contributed by atoms with Gasteiger partial charge in [0.25, 0.3) is 0 Å². The van der Waals surface area contributed by atoms with Gasteiger partial charge in [-0.3, -0.25) is 4.79 Å². The molecular formula is C20H23ClN2O4S. The van der Waals surface area contributed by atoms with Gasteiger partial charge >= 0.3 is 0 Å². The molecule has 8 heteroatoms. The number of halogens is 1. The molecule has 2 aromatic rings. The fourth-order valence-electron chi connectivity index (χ4n) is 3.19. The Labute approximate surface area is 170 Å². The minimum atomic E-state index is -3.56. The lowest BCUT2D eigenvalue weighted by molar-refractivity contribution is -0.126.